The monoisotopic (exact) mass is 304 g/mol. The Hall–Kier alpha value is -1.83. The number of nitro groups is 1. The number of nitrogens with zero attached hydrogens (tertiary/aromatic N) is 3. The van der Waals surface area contributed by atoms with E-state index in [4.69, 9.17) is 0 Å². The lowest BCUT2D eigenvalue weighted by Crippen LogP contribution is -2.45. The first-order valence-electron chi connectivity index (χ1n) is 6.80. The van der Waals surface area contributed by atoms with Gasteiger partial charge >= 0.3 is 5.00 Å². The van der Waals surface area contributed by atoms with Crippen LogP contribution in [0.15, 0.2) is 36.0 Å². The van der Waals surface area contributed by atoms with E-state index in [1.165, 1.54) is 16.9 Å². The fourth-order valence-corrected chi connectivity index (χ4v) is 3.33. The average molecular weight is 304 g/mol. The lowest BCUT2D eigenvalue weighted by Gasteiger charge is -2.36. The molecule has 1 aliphatic rings. The first-order valence-corrected chi connectivity index (χ1v) is 7.68. The molecule has 2 aromatic rings. The van der Waals surface area contributed by atoms with Gasteiger partial charge < -0.3 is 5.32 Å². The summed E-state index contributed by atoms with van der Waals surface area (Å²) in [4.78, 5) is 17.0. The van der Waals surface area contributed by atoms with Crippen LogP contribution < -0.4 is 5.32 Å². The minimum atomic E-state index is -0.329. The van der Waals surface area contributed by atoms with Crippen molar-refractivity contribution in [3.8, 4) is 0 Å². The molecule has 0 bridgehead atoms. The third kappa shape index (κ3) is 3.26. The summed E-state index contributed by atoms with van der Waals surface area (Å²) in [5, 5.41) is 16.3. The zero-order chi connectivity index (χ0) is 14.7. The van der Waals surface area contributed by atoms with Crippen molar-refractivity contribution < 1.29 is 4.92 Å². The van der Waals surface area contributed by atoms with Gasteiger partial charge in [-0.3, -0.25) is 20.0 Å². The smallest absolute Gasteiger partial charge is 0.314 e. The molecule has 7 heteroatoms. The summed E-state index contributed by atoms with van der Waals surface area (Å²) in [5.41, 5.74) is 2.18. The molecule has 21 heavy (non-hydrogen) atoms. The van der Waals surface area contributed by atoms with Crippen LogP contribution in [0.3, 0.4) is 0 Å². The Bertz CT molecular complexity index is 616. The highest BCUT2D eigenvalue weighted by Gasteiger charge is 2.24. The van der Waals surface area contributed by atoms with E-state index in [0.29, 0.717) is 0 Å². The highest BCUT2D eigenvalue weighted by molar-refractivity contribution is 7.13. The molecule has 1 unspecified atom stereocenters. The van der Waals surface area contributed by atoms with Crippen molar-refractivity contribution in [3.05, 3.63) is 57.2 Å². The van der Waals surface area contributed by atoms with Crippen molar-refractivity contribution in [2.75, 3.05) is 19.6 Å². The van der Waals surface area contributed by atoms with Crippen LogP contribution in [0, 0.1) is 10.1 Å². The van der Waals surface area contributed by atoms with Crippen molar-refractivity contribution in [1.29, 1.82) is 0 Å². The fourth-order valence-electron chi connectivity index (χ4n) is 2.61. The second-order valence-corrected chi connectivity index (χ2v) is 5.92. The van der Waals surface area contributed by atoms with Crippen molar-refractivity contribution in [3.63, 3.8) is 0 Å². The molecule has 0 aliphatic carbocycles. The molecule has 1 aliphatic heterocycles. The third-order valence-electron chi connectivity index (χ3n) is 3.63. The Morgan fingerprint density at radius 2 is 2.48 bits per heavy atom. The molecule has 1 N–H and O–H groups in total. The Morgan fingerprint density at radius 1 is 1.57 bits per heavy atom. The van der Waals surface area contributed by atoms with Crippen molar-refractivity contribution >= 4 is 16.3 Å². The van der Waals surface area contributed by atoms with Crippen LogP contribution in [0.1, 0.15) is 17.2 Å². The Morgan fingerprint density at radius 3 is 3.19 bits per heavy atom. The number of hydrogen-bond donors (Lipinski definition) is 1. The van der Waals surface area contributed by atoms with Crippen LogP contribution in [0.25, 0.3) is 0 Å². The lowest BCUT2D eigenvalue weighted by atomic mass is 10.0. The maximum Gasteiger partial charge on any atom is 0.324 e. The van der Waals surface area contributed by atoms with Gasteiger partial charge in [0.2, 0.25) is 0 Å². The third-order valence-corrected chi connectivity index (χ3v) is 4.56. The molecule has 0 amide bonds. The normalized spacial score (nSPS) is 19.5. The van der Waals surface area contributed by atoms with Crippen LogP contribution in [0.5, 0.6) is 0 Å². The topological polar surface area (TPSA) is 71.3 Å². The lowest BCUT2D eigenvalue weighted by molar-refractivity contribution is -0.380. The van der Waals surface area contributed by atoms with E-state index in [1.54, 1.807) is 12.3 Å². The molecule has 0 radical (unpaired) electrons. The maximum atomic E-state index is 10.8. The summed E-state index contributed by atoms with van der Waals surface area (Å²) in [7, 11) is 0. The Balaban J connectivity index is 1.76. The summed E-state index contributed by atoms with van der Waals surface area (Å²) in [5.74, 6) is 0. The minimum absolute atomic E-state index is 0.207. The largest absolute Gasteiger partial charge is 0.324 e. The molecule has 3 rings (SSSR count). The quantitative estimate of drug-likeness (QED) is 0.692. The van der Waals surface area contributed by atoms with Gasteiger partial charge in [0.1, 0.15) is 0 Å². The van der Waals surface area contributed by atoms with E-state index < -0.39 is 0 Å². The standard InChI is InChI=1S/C14H16N4O2S/c19-18(20)14-6-11(10-21-14)9-17-5-4-16-8-13(17)12-2-1-3-15-7-12/h1-3,6-7,10,13,16H,4-5,8-9H2. The average Bonchev–Trinajstić information content (AvgIpc) is 2.98. The van der Waals surface area contributed by atoms with Gasteiger partial charge in [-0.2, -0.15) is 0 Å². The fraction of sp³-hybridized carbons (Fsp3) is 0.357. The molecule has 110 valence electrons. The number of nitrogens with one attached hydrogen (secondary N) is 1. The summed E-state index contributed by atoms with van der Waals surface area (Å²) in [6.07, 6.45) is 3.66. The van der Waals surface area contributed by atoms with Crippen molar-refractivity contribution in [1.82, 2.24) is 15.2 Å². The van der Waals surface area contributed by atoms with E-state index in [0.717, 1.165) is 31.7 Å². The molecule has 0 spiro atoms. The summed E-state index contributed by atoms with van der Waals surface area (Å²) in [6.45, 7) is 3.45. The molecule has 0 aromatic carbocycles. The molecular weight excluding hydrogens is 288 g/mol. The molecule has 1 atom stereocenters. The first-order chi connectivity index (χ1) is 10.2. The molecule has 1 saturated heterocycles. The number of thiophene rings is 1. The minimum Gasteiger partial charge on any atom is -0.314 e. The van der Waals surface area contributed by atoms with Gasteiger partial charge in [-0.05, 0) is 17.2 Å². The Kier molecular flexibility index (Phi) is 4.23. The van der Waals surface area contributed by atoms with E-state index in [1.807, 2.05) is 17.6 Å². The van der Waals surface area contributed by atoms with Gasteiger partial charge in [-0.1, -0.05) is 17.4 Å². The zero-order valence-electron chi connectivity index (χ0n) is 11.4. The van der Waals surface area contributed by atoms with Crippen molar-refractivity contribution in [2.24, 2.45) is 0 Å². The van der Waals surface area contributed by atoms with Crippen molar-refractivity contribution in [2.45, 2.75) is 12.6 Å². The molecule has 2 aromatic heterocycles. The number of hydrogen-bond acceptors (Lipinski definition) is 6. The summed E-state index contributed by atoms with van der Waals surface area (Å²) < 4.78 is 0. The zero-order valence-corrected chi connectivity index (χ0v) is 12.3. The highest BCUT2D eigenvalue weighted by Crippen LogP contribution is 2.27. The van der Waals surface area contributed by atoms with Crippen LogP contribution in [-0.4, -0.2) is 34.4 Å². The van der Waals surface area contributed by atoms with Gasteiger partial charge in [0.05, 0.1) is 4.92 Å². The predicted molar refractivity (Wildman–Crippen MR) is 81.2 cm³/mol. The molecular formula is C14H16N4O2S. The van der Waals surface area contributed by atoms with Crippen LogP contribution >= 0.6 is 11.3 Å². The van der Waals surface area contributed by atoms with Gasteiger partial charge in [0.15, 0.2) is 0 Å². The number of pyridine rings is 1. The van der Waals surface area contributed by atoms with Gasteiger partial charge in [-0.25, -0.2) is 0 Å². The van der Waals surface area contributed by atoms with E-state index in [9.17, 15) is 10.1 Å². The molecule has 0 saturated carbocycles. The van der Waals surface area contributed by atoms with Gasteiger partial charge in [-0.15, -0.1) is 0 Å². The van der Waals surface area contributed by atoms with Gasteiger partial charge in [0, 0.05) is 56.1 Å². The summed E-state index contributed by atoms with van der Waals surface area (Å²) in [6, 6.07) is 5.95. The Labute approximate surface area is 126 Å². The van der Waals surface area contributed by atoms with Gasteiger partial charge in [0.25, 0.3) is 0 Å². The second-order valence-electron chi connectivity index (χ2n) is 5.03. The highest BCUT2D eigenvalue weighted by atomic mass is 32.1. The van der Waals surface area contributed by atoms with Crippen LogP contribution in [-0.2, 0) is 6.54 Å². The first kappa shape index (κ1) is 14.1. The second kappa shape index (κ2) is 6.30. The molecule has 6 nitrogen and oxygen atoms in total. The van der Waals surface area contributed by atoms with E-state index >= 15 is 0 Å². The van der Waals surface area contributed by atoms with Crippen LogP contribution in [0.2, 0.25) is 0 Å². The number of rotatable bonds is 4. The SMILES string of the molecule is O=[N+]([O-])c1cc(CN2CCNCC2c2cccnc2)cs1. The maximum absolute atomic E-state index is 10.8. The summed E-state index contributed by atoms with van der Waals surface area (Å²) >= 11 is 1.19. The molecule has 1 fully saturated rings. The number of aromatic nitrogens is 1. The van der Waals surface area contributed by atoms with E-state index in [-0.39, 0.29) is 16.0 Å². The predicted octanol–water partition coefficient (Wildman–Crippen LogP) is 2.20. The molecule has 3 heterocycles. The van der Waals surface area contributed by atoms with Crippen LogP contribution in [0.4, 0.5) is 5.00 Å². The van der Waals surface area contributed by atoms with E-state index in [2.05, 4.69) is 21.3 Å². The number of piperazine rings is 1.